The Kier molecular flexibility index (Phi) is 5.54. The summed E-state index contributed by atoms with van der Waals surface area (Å²) in [6.45, 7) is 1.12. The third-order valence-electron chi connectivity index (χ3n) is 4.87. The fraction of sp³-hybridized carbons (Fsp3) is 0.611. The van der Waals surface area contributed by atoms with Crippen molar-refractivity contribution in [2.75, 3.05) is 6.54 Å². The molecule has 0 unspecified atom stereocenters. The van der Waals surface area contributed by atoms with E-state index in [-0.39, 0.29) is 17.0 Å². The van der Waals surface area contributed by atoms with Crippen LogP contribution in [0.5, 0.6) is 0 Å². The zero-order chi connectivity index (χ0) is 16.2. The second kappa shape index (κ2) is 7.63. The van der Waals surface area contributed by atoms with E-state index in [9.17, 15) is 9.18 Å². The van der Waals surface area contributed by atoms with Crippen molar-refractivity contribution in [3.63, 3.8) is 0 Å². The van der Waals surface area contributed by atoms with Gasteiger partial charge in [-0.05, 0) is 62.8 Å². The summed E-state index contributed by atoms with van der Waals surface area (Å²) in [6.07, 6.45) is 8.22. The van der Waals surface area contributed by atoms with E-state index in [1.54, 1.807) is 0 Å². The molecule has 0 heterocycles. The predicted octanol–water partition coefficient (Wildman–Crippen LogP) is 3.91. The first-order valence-electron chi connectivity index (χ1n) is 8.60. The van der Waals surface area contributed by atoms with Crippen LogP contribution in [0.2, 0.25) is 5.02 Å². The summed E-state index contributed by atoms with van der Waals surface area (Å²) in [6, 6.07) is 4.69. The van der Waals surface area contributed by atoms with Crippen molar-refractivity contribution in [2.45, 2.75) is 57.0 Å². The van der Waals surface area contributed by atoms with Gasteiger partial charge in [0.2, 0.25) is 0 Å². The first-order valence-corrected chi connectivity index (χ1v) is 8.98. The number of hydrogen-bond acceptors (Lipinski definition) is 2. The van der Waals surface area contributed by atoms with Crippen molar-refractivity contribution in [3.8, 4) is 0 Å². The third kappa shape index (κ3) is 5.18. The molecule has 0 aliphatic heterocycles. The van der Waals surface area contributed by atoms with Crippen LogP contribution in [-0.2, 0) is 0 Å². The Labute approximate surface area is 142 Å². The third-order valence-corrected chi connectivity index (χ3v) is 5.09. The van der Waals surface area contributed by atoms with E-state index < -0.39 is 5.82 Å². The van der Waals surface area contributed by atoms with Crippen LogP contribution in [0.1, 0.15) is 55.3 Å². The minimum atomic E-state index is -0.480. The first-order chi connectivity index (χ1) is 11.1. The molecule has 1 aromatic carbocycles. The molecule has 126 valence electrons. The van der Waals surface area contributed by atoms with Gasteiger partial charge in [0, 0.05) is 22.7 Å². The molecule has 23 heavy (non-hydrogen) atoms. The van der Waals surface area contributed by atoms with Gasteiger partial charge in [-0.15, -0.1) is 0 Å². The zero-order valence-electron chi connectivity index (χ0n) is 13.3. The van der Waals surface area contributed by atoms with E-state index in [4.69, 9.17) is 11.6 Å². The lowest BCUT2D eigenvalue weighted by atomic mass is 9.91. The van der Waals surface area contributed by atoms with E-state index in [0.29, 0.717) is 11.6 Å². The van der Waals surface area contributed by atoms with Crippen molar-refractivity contribution in [3.05, 3.63) is 34.6 Å². The van der Waals surface area contributed by atoms with Gasteiger partial charge < -0.3 is 10.6 Å². The SMILES string of the molecule is O=C(NC1CCC(NCCC2CC2)CC1)c1cc(F)cc(Cl)c1. The standard InChI is InChI=1S/C18H24ClFN2O/c19-14-9-13(10-15(20)11-14)18(23)22-17-5-3-16(4-6-17)21-8-7-12-1-2-12/h9-12,16-17,21H,1-8H2,(H,22,23). The molecule has 3 nitrogen and oxygen atoms in total. The van der Waals surface area contributed by atoms with E-state index in [2.05, 4.69) is 10.6 Å². The molecule has 1 amide bonds. The molecule has 3 rings (SSSR count). The molecule has 1 aromatic rings. The van der Waals surface area contributed by atoms with Crippen molar-refractivity contribution >= 4 is 17.5 Å². The number of halogens is 2. The van der Waals surface area contributed by atoms with Crippen molar-refractivity contribution in [1.29, 1.82) is 0 Å². The highest BCUT2D eigenvalue weighted by atomic mass is 35.5. The molecule has 0 spiro atoms. The summed E-state index contributed by atoms with van der Waals surface area (Å²) in [4.78, 5) is 12.2. The van der Waals surface area contributed by atoms with E-state index in [1.807, 2.05) is 0 Å². The highest BCUT2D eigenvalue weighted by Crippen LogP contribution is 2.32. The van der Waals surface area contributed by atoms with Gasteiger partial charge in [-0.2, -0.15) is 0 Å². The fourth-order valence-electron chi connectivity index (χ4n) is 3.29. The summed E-state index contributed by atoms with van der Waals surface area (Å²) >= 11 is 5.80. The number of nitrogens with one attached hydrogen (secondary N) is 2. The highest BCUT2D eigenvalue weighted by molar-refractivity contribution is 6.31. The number of carbonyl (C=O) groups is 1. The lowest BCUT2D eigenvalue weighted by molar-refractivity contribution is 0.0923. The van der Waals surface area contributed by atoms with Gasteiger partial charge in [-0.25, -0.2) is 4.39 Å². The fourth-order valence-corrected chi connectivity index (χ4v) is 3.52. The molecule has 2 aliphatic rings. The van der Waals surface area contributed by atoms with Crippen LogP contribution in [-0.4, -0.2) is 24.5 Å². The van der Waals surface area contributed by atoms with Crippen LogP contribution < -0.4 is 10.6 Å². The van der Waals surface area contributed by atoms with Crippen molar-refractivity contribution in [1.82, 2.24) is 10.6 Å². The molecule has 0 atom stereocenters. The Morgan fingerprint density at radius 2 is 1.78 bits per heavy atom. The largest absolute Gasteiger partial charge is 0.349 e. The summed E-state index contributed by atoms with van der Waals surface area (Å²) in [5, 5.41) is 6.88. The van der Waals surface area contributed by atoms with Crippen LogP contribution >= 0.6 is 11.6 Å². The molecule has 0 bridgehead atoms. The quantitative estimate of drug-likeness (QED) is 0.825. The van der Waals surface area contributed by atoms with E-state index in [1.165, 1.54) is 37.5 Å². The molecule has 0 saturated heterocycles. The van der Waals surface area contributed by atoms with Crippen LogP contribution in [0.4, 0.5) is 4.39 Å². The second-order valence-corrected chi connectivity index (χ2v) is 7.30. The van der Waals surface area contributed by atoms with Crippen molar-refractivity contribution < 1.29 is 9.18 Å². The molecule has 2 aliphatic carbocycles. The van der Waals surface area contributed by atoms with Gasteiger partial charge in [0.1, 0.15) is 5.82 Å². The van der Waals surface area contributed by atoms with Gasteiger partial charge in [0.05, 0.1) is 0 Å². The Bertz CT molecular complexity index is 534. The van der Waals surface area contributed by atoms with Gasteiger partial charge in [-0.3, -0.25) is 4.79 Å². The zero-order valence-corrected chi connectivity index (χ0v) is 14.0. The molecular formula is C18H24ClFN2O. The molecular weight excluding hydrogens is 315 g/mol. The van der Waals surface area contributed by atoms with Gasteiger partial charge >= 0.3 is 0 Å². The Morgan fingerprint density at radius 1 is 1.09 bits per heavy atom. The summed E-state index contributed by atoms with van der Waals surface area (Å²) < 4.78 is 13.3. The Hall–Kier alpha value is -1.13. The number of amides is 1. The topological polar surface area (TPSA) is 41.1 Å². The lowest BCUT2D eigenvalue weighted by Crippen LogP contribution is -2.42. The average Bonchev–Trinajstić information content (AvgIpc) is 3.32. The molecule has 0 radical (unpaired) electrons. The Balaban J connectivity index is 1.41. The lowest BCUT2D eigenvalue weighted by Gasteiger charge is -2.30. The molecule has 2 saturated carbocycles. The monoisotopic (exact) mass is 338 g/mol. The minimum Gasteiger partial charge on any atom is -0.349 e. The minimum absolute atomic E-state index is 0.172. The van der Waals surface area contributed by atoms with Gasteiger partial charge in [0.15, 0.2) is 0 Å². The first kappa shape index (κ1) is 16.7. The van der Waals surface area contributed by atoms with Gasteiger partial charge in [0.25, 0.3) is 5.91 Å². The molecule has 2 fully saturated rings. The molecule has 2 N–H and O–H groups in total. The number of benzene rings is 1. The second-order valence-electron chi connectivity index (χ2n) is 6.87. The van der Waals surface area contributed by atoms with E-state index >= 15 is 0 Å². The molecule has 0 aromatic heterocycles. The summed E-state index contributed by atoms with van der Waals surface area (Å²) in [5.41, 5.74) is 0.291. The van der Waals surface area contributed by atoms with Crippen molar-refractivity contribution in [2.24, 2.45) is 5.92 Å². The smallest absolute Gasteiger partial charge is 0.251 e. The van der Waals surface area contributed by atoms with Crippen LogP contribution in [0.25, 0.3) is 0 Å². The maximum Gasteiger partial charge on any atom is 0.251 e. The van der Waals surface area contributed by atoms with Crippen LogP contribution in [0.3, 0.4) is 0 Å². The predicted molar refractivity (Wildman–Crippen MR) is 90.3 cm³/mol. The normalized spacial score (nSPS) is 24.4. The molecule has 5 heteroatoms. The average molecular weight is 339 g/mol. The van der Waals surface area contributed by atoms with Crippen LogP contribution in [0.15, 0.2) is 18.2 Å². The summed E-state index contributed by atoms with van der Waals surface area (Å²) in [7, 11) is 0. The highest BCUT2D eigenvalue weighted by Gasteiger charge is 2.24. The Morgan fingerprint density at radius 3 is 2.43 bits per heavy atom. The van der Waals surface area contributed by atoms with Crippen LogP contribution in [0, 0.1) is 11.7 Å². The number of rotatable bonds is 6. The maximum atomic E-state index is 13.3. The van der Waals surface area contributed by atoms with E-state index in [0.717, 1.165) is 38.1 Å². The van der Waals surface area contributed by atoms with Gasteiger partial charge in [-0.1, -0.05) is 24.4 Å². The number of carbonyl (C=O) groups excluding carboxylic acids is 1. The maximum absolute atomic E-state index is 13.3. The summed E-state index contributed by atoms with van der Waals surface area (Å²) in [5.74, 6) is 0.249. The number of hydrogen-bond donors (Lipinski definition) is 2.